The zero-order valence-corrected chi connectivity index (χ0v) is 16.1. The zero-order chi connectivity index (χ0) is 17.8. The van der Waals surface area contributed by atoms with Gasteiger partial charge in [0.25, 0.3) is 0 Å². The number of rotatable bonds is 5. The number of ether oxygens (including phenoxy) is 1. The number of aryl methyl sites for hydroxylation is 1. The van der Waals surface area contributed by atoms with Crippen LogP contribution in [0.4, 0.5) is 5.00 Å². The molecule has 2 aliphatic carbocycles. The second kappa shape index (κ2) is 8.27. The maximum absolute atomic E-state index is 12.3. The van der Waals surface area contributed by atoms with Gasteiger partial charge >= 0.3 is 5.97 Å². The van der Waals surface area contributed by atoms with Gasteiger partial charge in [-0.15, -0.1) is 11.3 Å². The quantitative estimate of drug-likeness (QED) is 0.601. The van der Waals surface area contributed by atoms with Gasteiger partial charge in [-0.25, -0.2) is 4.79 Å². The van der Waals surface area contributed by atoms with Crippen molar-refractivity contribution in [2.45, 2.75) is 58.3 Å². The minimum absolute atomic E-state index is 0.0498. The molecule has 0 unspecified atom stereocenters. The predicted molar refractivity (Wildman–Crippen MR) is 103 cm³/mol. The molecule has 0 spiro atoms. The molecule has 1 heterocycles. The average Bonchev–Trinajstić information content (AvgIpc) is 3.24. The number of hydrogen-bond acceptors (Lipinski definition) is 5. The Hall–Kier alpha value is -1.47. The van der Waals surface area contributed by atoms with Crippen LogP contribution in [0.15, 0.2) is 0 Å². The molecule has 1 fully saturated rings. The largest absolute Gasteiger partial charge is 0.462 e. The second-order valence-electron chi connectivity index (χ2n) is 6.64. The van der Waals surface area contributed by atoms with Gasteiger partial charge in [0.05, 0.1) is 12.2 Å². The lowest BCUT2D eigenvalue weighted by Crippen LogP contribution is -2.35. The summed E-state index contributed by atoms with van der Waals surface area (Å²) in [5.41, 5.74) is 1.66. The van der Waals surface area contributed by atoms with Gasteiger partial charge in [0.1, 0.15) is 5.00 Å². The van der Waals surface area contributed by atoms with E-state index in [2.05, 4.69) is 10.6 Å². The Labute approximate surface area is 157 Å². The van der Waals surface area contributed by atoms with Crippen LogP contribution in [0.3, 0.4) is 0 Å². The Morgan fingerprint density at radius 1 is 1.24 bits per heavy atom. The van der Waals surface area contributed by atoms with E-state index in [4.69, 9.17) is 17.0 Å². The fourth-order valence-electron chi connectivity index (χ4n) is 3.70. The third-order valence-electron chi connectivity index (χ3n) is 4.83. The van der Waals surface area contributed by atoms with Gasteiger partial charge in [0.15, 0.2) is 5.11 Å². The molecule has 0 saturated heterocycles. The topological polar surface area (TPSA) is 67.4 Å². The molecule has 136 valence electrons. The van der Waals surface area contributed by atoms with Crippen LogP contribution in [-0.2, 0) is 22.4 Å². The van der Waals surface area contributed by atoms with Gasteiger partial charge < -0.3 is 15.4 Å². The molecule has 0 aliphatic heterocycles. The maximum Gasteiger partial charge on any atom is 0.341 e. The summed E-state index contributed by atoms with van der Waals surface area (Å²) < 4.78 is 5.20. The number of esters is 1. The van der Waals surface area contributed by atoms with Crippen LogP contribution in [0, 0.1) is 5.92 Å². The summed E-state index contributed by atoms with van der Waals surface area (Å²) in [7, 11) is 0. The Morgan fingerprint density at radius 3 is 2.72 bits per heavy atom. The Morgan fingerprint density at radius 2 is 2.00 bits per heavy atom. The third kappa shape index (κ3) is 4.39. The molecule has 1 aromatic rings. The number of hydrogen-bond donors (Lipinski definition) is 2. The molecule has 2 N–H and O–H groups in total. The molecule has 1 saturated carbocycles. The molecule has 7 heteroatoms. The van der Waals surface area contributed by atoms with Crippen LogP contribution < -0.4 is 10.6 Å². The highest BCUT2D eigenvalue weighted by Crippen LogP contribution is 2.39. The molecule has 2 aliphatic rings. The number of carbonyl (C=O) groups excluding carboxylic acids is 2. The molecule has 25 heavy (non-hydrogen) atoms. The van der Waals surface area contributed by atoms with Crippen molar-refractivity contribution < 1.29 is 14.3 Å². The molecular weight excluding hydrogens is 356 g/mol. The molecule has 1 amide bonds. The van der Waals surface area contributed by atoms with Gasteiger partial charge in [0, 0.05) is 11.3 Å². The highest BCUT2D eigenvalue weighted by Gasteiger charge is 2.28. The van der Waals surface area contributed by atoms with Gasteiger partial charge in [-0.2, -0.15) is 0 Å². The van der Waals surface area contributed by atoms with Gasteiger partial charge in [-0.1, -0.05) is 12.8 Å². The van der Waals surface area contributed by atoms with Crippen molar-refractivity contribution in [2.24, 2.45) is 5.92 Å². The van der Waals surface area contributed by atoms with Crippen LogP contribution in [0.1, 0.15) is 66.2 Å². The second-order valence-corrected chi connectivity index (χ2v) is 8.15. The number of anilines is 1. The number of nitrogens with one attached hydrogen (secondary N) is 2. The summed E-state index contributed by atoms with van der Waals surface area (Å²) in [6.07, 6.45) is 8.13. The predicted octanol–water partition coefficient (Wildman–Crippen LogP) is 3.81. The van der Waals surface area contributed by atoms with E-state index in [1.165, 1.54) is 17.7 Å². The average molecular weight is 381 g/mol. The lowest BCUT2D eigenvalue weighted by molar-refractivity contribution is -0.120. The van der Waals surface area contributed by atoms with Gasteiger partial charge in [0.2, 0.25) is 5.91 Å². The van der Waals surface area contributed by atoms with Crippen molar-refractivity contribution in [1.82, 2.24) is 5.32 Å². The fourth-order valence-corrected chi connectivity index (χ4v) is 5.26. The normalized spacial score (nSPS) is 16.5. The SMILES string of the molecule is CCOC(=O)c1c(NC(=S)NC(=O)CC2CCCC2)sc2c1CCC2. The maximum atomic E-state index is 12.3. The highest BCUT2D eigenvalue weighted by molar-refractivity contribution is 7.80. The summed E-state index contributed by atoms with van der Waals surface area (Å²) >= 11 is 6.82. The molecule has 3 rings (SSSR count). The van der Waals surface area contributed by atoms with E-state index in [0.29, 0.717) is 29.5 Å². The number of amides is 1. The first-order valence-corrected chi connectivity index (χ1v) is 10.2. The number of fused-ring (bicyclic) bond motifs is 1. The molecule has 0 radical (unpaired) electrons. The van der Waals surface area contributed by atoms with E-state index in [1.807, 2.05) is 0 Å². The number of carbonyl (C=O) groups is 2. The van der Waals surface area contributed by atoms with E-state index in [1.54, 1.807) is 18.3 Å². The van der Waals surface area contributed by atoms with Crippen molar-refractivity contribution in [3.63, 3.8) is 0 Å². The monoisotopic (exact) mass is 380 g/mol. The van der Waals surface area contributed by atoms with Crippen molar-refractivity contribution >= 4 is 45.5 Å². The molecule has 0 aromatic carbocycles. The van der Waals surface area contributed by atoms with E-state index in [0.717, 1.165) is 37.7 Å². The van der Waals surface area contributed by atoms with E-state index in [9.17, 15) is 9.59 Å². The summed E-state index contributed by atoms with van der Waals surface area (Å²) in [4.78, 5) is 25.7. The van der Waals surface area contributed by atoms with Crippen molar-refractivity contribution in [2.75, 3.05) is 11.9 Å². The van der Waals surface area contributed by atoms with Crippen LogP contribution in [0.5, 0.6) is 0 Å². The van der Waals surface area contributed by atoms with Crippen molar-refractivity contribution in [3.8, 4) is 0 Å². The third-order valence-corrected chi connectivity index (χ3v) is 6.24. The highest BCUT2D eigenvalue weighted by atomic mass is 32.1. The van der Waals surface area contributed by atoms with Crippen LogP contribution in [0.25, 0.3) is 0 Å². The van der Waals surface area contributed by atoms with Crippen LogP contribution >= 0.6 is 23.6 Å². The summed E-state index contributed by atoms with van der Waals surface area (Å²) in [6.45, 7) is 2.14. The first-order chi connectivity index (χ1) is 12.1. The Kier molecular flexibility index (Phi) is 6.06. The first-order valence-electron chi connectivity index (χ1n) is 9.01. The molecular formula is C18H24N2O3S2. The summed E-state index contributed by atoms with van der Waals surface area (Å²) in [5, 5.41) is 6.75. The van der Waals surface area contributed by atoms with E-state index >= 15 is 0 Å². The fraction of sp³-hybridized carbons (Fsp3) is 0.611. The Balaban J connectivity index is 1.64. The summed E-state index contributed by atoms with van der Waals surface area (Å²) in [6, 6.07) is 0. The lowest BCUT2D eigenvalue weighted by atomic mass is 10.0. The molecule has 5 nitrogen and oxygen atoms in total. The number of thiophene rings is 1. The van der Waals surface area contributed by atoms with Gasteiger partial charge in [-0.05, 0) is 62.7 Å². The van der Waals surface area contributed by atoms with E-state index in [-0.39, 0.29) is 17.0 Å². The number of thiocarbonyl (C=S) groups is 1. The van der Waals surface area contributed by atoms with Crippen molar-refractivity contribution in [1.29, 1.82) is 0 Å². The smallest absolute Gasteiger partial charge is 0.341 e. The van der Waals surface area contributed by atoms with Crippen molar-refractivity contribution in [3.05, 3.63) is 16.0 Å². The van der Waals surface area contributed by atoms with Gasteiger partial charge in [-0.3, -0.25) is 4.79 Å². The zero-order valence-electron chi connectivity index (χ0n) is 14.5. The molecule has 0 bridgehead atoms. The van der Waals surface area contributed by atoms with Crippen LogP contribution in [0.2, 0.25) is 0 Å². The molecule has 0 atom stereocenters. The van der Waals surface area contributed by atoms with Crippen LogP contribution in [-0.4, -0.2) is 23.6 Å². The first kappa shape index (κ1) is 18.3. The lowest BCUT2D eigenvalue weighted by Gasteiger charge is -2.12. The molecule has 1 aromatic heterocycles. The Bertz CT molecular complexity index is 678. The van der Waals surface area contributed by atoms with E-state index < -0.39 is 0 Å². The minimum atomic E-state index is -0.315. The summed E-state index contributed by atoms with van der Waals surface area (Å²) in [5.74, 6) is 0.110. The minimum Gasteiger partial charge on any atom is -0.462 e. The standard InChI is InChI=1S/C18H24N2O3S2/c1-2-23-17(22)15-12-8-5-9-13(12)25-16(15)20-18(24)19-14(21)10-11-6-3-4-7-11/h11H,2-10H2,1H3,(H2,19,20,21,24).